The SMILES string of the molecule is CS/C=C/C(=O)N1CC2CCC1C2. The zero-order valence-corrected chi connectivity index (χ0v) is 8.72. The molecule has 2 aliphatic rings. The van der Waals surface area contributed by atoms with Gasteiger partial charge in [0.05, 0.1) is 0 Å². The Bertz CT molecular complexity index is 239. The van der Waals surface area contributed by atoms with E-state index in [1.165, 1.54) is 19.3 Å². The quantitative estimate of drug-likeness (QED) is 0.630. The molecule has 0 aromatic carbocycles. The highest BCUT2D eigenvalue weighted by atomic mass is 32.2. The second kappa shape index (κ2) is 3.74. The molecular weight excluding hydrogens is 182 g/mol. The van der Waals surface area contributed by atoms with E-state index in [1.54, 1.807) is 17.8 Å². The Morgan fingerprint density at radius 2 is 2.38 bits per heavy atom. The molecule has 0 aromatic rings. The van der Waals surface area contributed by atoms with Crippen molar-refractivity contribution in [2.45, 2.75) is 25.3 Å². The Morgan fingerprint density at radius 3 is 2.92 bits per heavy atom. The topological polar surface area (TPSA) is 20.3 Å². The number of hydrogen-bond donors (Lipinski definition) is 0. The molecule has 0 N–H and O–H groups in total. The standard InChI is InChI=1S/C10H15NOS/c1-13-5-4-10(12)11-7-8-2-3-9(11)6-8/h4-5,8-9H,2-3,6-7H2,1H3/b5-4+. The summed E-state index contributed by atoms with van der Waals surface area (Å²) in [6.07, 6.45) is 7.48. The van der Waals surface area contributed by atoms with E-state index in [2.05, 4.69) is 0 Å². The first kappa shape index (κ1) is 9.13. The van der Waals surface area contributed by atoms with Crippen LogP contribution in [0.1, 0.15) is 19.3 Å². The van der Waals surface area contributed by atoms with E-state index in [4.69, 9.17) is 0 Å². The van der Waals surface area contributed by atoms with Crippen molar-refractivity contribution in [3.05, 3.63) is 11.5 Å². The van der Waals surface area contributed by atoms with Gasteiger partial charge in [0.2, 0.25) is 5.91 Å². The molecule has 0 aromatic heterocycles. The lowest BCUT2D eigenvalue weighted by Crippen LogP contribution is -2.36. The molecule has 2 unspecified atom stereocenters. The van der Waals surface area contributed by atoms with Gasteiger partial charge < -0.3 is 4.90 Å². The molecule has 72 valence electrons. The highest BCUT2D eigenvalue weighted by molar-refractivity contribution is 8.01. The summed E-state index contributed by atoms with van der Waals surface area (Å²) in [5, 5.41) is 1.87. The molecule has 2 bridgehead atoms. The Labute approximate surface area is 83.4 Å². The maximum absolute atomic E-state index is 11.6. The van der Waals surface area contributed by atoms with Gasteiger partial charge in [-0.3, -0.25) is 4.79 Å². The van der Waals surface area contributed by atoms with Crippen molar-refractivity contribution in [1.29, 1.82) is 0 Å². The van der Waals surface area contributed by atoms with Crippen LogP contribution in [0.2, 0.25) is 0 Å². The summed E-state index contributed by atoms with van der Waals surface area (Å²) in [4.78, 5) is 13.7. The van der Waals surface area contributed by atoms with E-state index in [9.17, 15) is 4.79 Å². The van der Waals surface area contributed by atoms with Gasteiger partial charge in [-0.25, -0.2) is 0 Å². The summed E-state index contributed by atoms with van der Waals surface area (Å²) >= 11 is 1.58. The molecule has 1 aliphatic carbocycles. The van der Waals surface area contributed by atoms with Gasteiger partial charge in [0, 0.05) is 18.7 Å². The van der Waals surface area contributed by atoms with E-state index in [1.807, 2.05) is 16.6 Å². The summed E-state index contributed by atoms with van der Waals surface area (Å²) in [6, 6.07) is 0.559. The predicted octanol–water partition coefficient (Wildman–Crippen LogP) is 1.87. The third-order valence-corrected chi connectivity index (χ3v) is 3.45. The van der Waals surface area contributed by atoms with Crippen LogP contribution in [0.15, 0.2) is 11.5 Å². The molecular formula is C10H15NOS. The van der Waals surface area contributed by atoms with Gasteiger partial charge in [0.25, 0.3) is 0 Å². The van der Waals surface area contributed by atoms with E-state index in [0.29, 0.717) is 6.04 Å². The average molecular weight is 197 g/mol. The lowest BCUT2D eigenvalue weighted by Gasteiger charge is -2.25. The summed E-state index contributed by atoms with van der Waals surface area (Å²) in [5.74, 6) is 1.01. The molecule has 1 heterocycles. The summed E-state index contributed by atoms with van der Waals surface area (Å²) in [5.41, 5.74) is 0. The third-order valence-electron chi connectivity index (χ3n) is 3.04. The molecule has 0 radical (unpaired) electrons. The second-order valence-corrected chi connectivity index (χ2v) is 4.61. The van der Waals surface area contributed by atoms with Crippen molar-refractivity contribution in [3.63, 3.8) is 0 Å². The number of carbonyl (C=O) groups excluding carboxylic acids is 1. The Kier molecular flexibility index (Phi) is 2.63. The fourth-order valence-corrected chi connectivity index (χ4v) is 2.67. The first-order valence-electron chi connectivity index (χ1n) is 4.81. The van der Waals surface area contributed by atoms with Gasteiger partial charge in [0.1, 0.15) is 0 Å². The van der Waals surface area contributed by atoms with E-state index in [-0.39, 0.29) is 5.91 Å². The maximum Gasteiger partial charge on any atom is 0.247 e. The van der Waals surface area contributed by atoms with Crippen LogP contribution < -0.4 is 0 Å². The number of nitrogens with zero attached hydrogens (tertiary/aromatic N) is 1. The number of rotatable bonds is 2. The number of fused-ring (bicyclic) bond motifs is 2. The van der Waals surface area contributed by atoms with Crippen molar-refractivity contribution < 1.29 is 4.79 Å². The monoisotopic (exact) mass is 197 g/mol. The molecule has 2 fully saturated rings. The van der Waals surface area contributed by atoms with Crippen LogP contribution in [0.5, 0.6) is 0 Å². The molecule has 2 nitrogen and oxygen atoms in total. The smallest absolute Gasteiger partial charge is 0.247 e. The Balaban J connectivity index is 1.95. The summed E-state index contributed by atoms with van der Waals surface area (Å²) < 4.78 is 0. The molecule has 1 saturated carbocycles. The van der Waals surface area contributed by atoms with Gasteiger partial charge in [-0.2, -0.15) is 0 Å². The zero-order valence-electron chi connectivity index (χ0n) is 7.90. The van der Waals surface area contributed by atoms with Crippen LogP contribution in [0, 0.1) is 5.92 Å². The molecule has 3 heteroatoms. The molecule has 2 atom stereocenters. The van der Waals surface area contributed by atoms with Crippen molar-refractivity contribution in [2.24, 2.45) is 5.92 Å². The van der Waals surface area contributed by atoms with Gasteiger partial charge >= 0.3 is 0 Å². The van der Waals surface area contributed by atoms with Gasteiger partial charge in [0.15, 0.2) is 0 Å². The molecule has 2 rings (SSSR count). The number of carbonyl (C=O) groups is 1. The first-order valence-corrected chi connectivity index (χ1v) is 6.10. The highest BCUT2D eigenvalue weighted by Gasteiger charge is 2.39. The lowest BCUT2D eigenvalue weighted by molar-refractivity contribution is -0.127. The first-order chi connectivity index (χ1) is 6.31. The number of hydrogen-bond acceptors (Lipinski definition) is 2. The normalized spacial score (nSPS) is 31.9. The van der Waals surface area contributed by atoms with E-state index in [0.717, 1.165) is 12.5 Å². The van der Waals surface area contributed by atoms with E-state index < -0.39 is 0 Å². The van der Waals surface area contributed by atoms with Crippen molar-refractivity contribution in [2.75, 3.05) is 12.8 Å². The predicted molar refractivity (Wildman–Crippen MR) is 55.5 cm³/mol. The summed E-state index contributed by atoms with van der Waals surface area (Å²) in [7, 11) is 0. The van der Waals surface area contributed by atoms with Crippen LogP contribution >= 0.6 is 11.8 Å². The third kappa shape index (κ3) is 1.75. The minimum Gasteiger partial charge on any atom is -0.336 e. The van der Waals surface area contributed by atoms with Gasteiger partial charge in [-0.05, 0) is 36.8 Å². The molecule has 1 saturated heterocycles. The number of thioether (sulfide) groups is 1. The van der Waals surface area contributed by atoms with Crippen molar-refractivity contribution >= 4 is 17.7 Å². The van der Waals surface area contributed by atoms with Crippen molar-refractivity contribution in [3.8, 4) is 0 Å². The van der Waals surface area contributed by atoms with Crippen LogP contribution in [0.25, 0.3) is 0 Å². The lowest BCUT2D eigenvalue weighted by atomic mass is 10.1. The molecule has 1 amide bonds. The van der Waals surface area contributed by atoms with Gasteiger partial charge in [-0.1, -0.05) is 0 Å². The molecule has 1 aliphatic heterocycles. The minimum atomic E-state index is 0.210. The van der Waals surface area contributed by atoms with Crippen LogP contribution in [0.4, 0.5) is 0 Å². The highest BCUT2D eigenvalue weighted by Crippen LogP contribution is 2.37. The minimum absolute atomic E-state index is 0.210. The molecule has 0 spiro atoms. The molecule has 13 heavy (non-hydrogen) atoms. The zero-order chi connectivity index (χ0) is 9.26. The number of amides is 1. The van der Waals surface area contributed by atoms with Gasteiger partial charge in [-0.15, -0.1) is 11.8 Å². The van der Waals surface area contributed by atoms with Crippen LogP contribution in [-0.4, -0.2) is 29.6 Å². The largest absolute Gasteiger partial charge is 0.336 e. The summed E-state index contributed by atoms with van der Waals surface area (Å²) in [6.45, 7) is 1.00. The van der Waals surface area contributed by atoms with E-state index >= 15 is 0 Å². The number of piperidine rings is 1. The Morgan fingerprint density at radius 1 is 1.54 bits per heavy atom. The fraction of sp³-hybridized carbons (Fsp3) is 0.700. The second-order valence-electron chi connectivity index (χ2n) is 3.86. The maximum atomic E-state index is 11.6. The van der Waals surface area contributed by atoms with Crippen LogP contribution in [0.3, 0.4) is 0 Å². The fourth-order valence-electron chi connectivity index (χ4n) is 2.42. The Hall–Kier alpha value is -0.440. The van der Waals surface area contributed by atoms with Crippen LogP contribution in [-0.2, 0) is 4.79 Å². The van der Waals surface area contributed by atoms with Crippen molar-refractivity contribution in [1.82, 2.24) is 4.90 Å². The number of likely N-dealkylation sites (tertiary alicyclic amines) is 1. The average Bonchev–Trinajstić information content (AvgIpc) is 2.74.